The monoisotopic (exact) mass is 241 g/mol. The van der Waals surface area contributed by atoms with Crippen LogP contribution in [0.4, 0.5) is 0 Å². The Labute approximate surface area is 107 Å². The summed E-state index contributed by atoms with van der Waals surface area (Å²) in [6.07, 6.45) is 8.66. The molecule has 0 aromatic carbocycles. The topological polar surface area (TPSA) is 23.5 Å². The molecule has 0 bridgehead atoms. The Hall–Kier alpha value is -0.0800. The van der Waals surface area contributed by atoms with Crippen LogP contribution in [-0.4, -0.2) is 35.7 Å². The summed E-state index contributed by atoms with van der Waals surface area (Å²) in [6, 6.07) is 0.801. The summed E-state index contributed by atoms with van der Waals surface area (Å²) in [4.78, 5) is 2.54. The van der Waals surface area contributed by atoms with Crippen LogP contribution in [-0.2, 0) is 0 Å². The Morgan fingerprint density at radius 2 is 1.82 bits per heavy atom. The van der Waals surface area contributed by atoms with Crippen LogP contribution in [0.25, 0.3) is 0 Å². The van der Waals surface area contributed by atoms with Gasteiger partial charge < -0.3 is 10.0 Å². The van der Waals surface area contributed by atoms with Crippen molar-refractivity contribution in [2.24, 2.45) is 5.41 Å². The van der Waals surface area contributed by atoms with E-state index >= 15 is 0 Å². The molecule has 102 valence electrons. The molecule has 1 atom stereocenters. The smallest absolute Gasteiger partial charge is 0.0512 e. The molecular formula is C15H31NO. The highest BCUT2D eigenvalue weighted by Gasteiger charge is 2.28. The van der Waals surface area contributed by atoms with Gasteiger partial charge in [0.2, 0.25) is 0 Å². The lowest BCUT2D eigenvalue weighted by Crippen LogP contribution is -2.37. The zero-order valence-electron chi connectivity index (χ0n) is 12.2. The number of aliphatic hydroxyl groups is 1. The Bertz CT molecular complexity index is 203. The van der Waals surface area contributed by atoms with Gasteiger partial charge in [-0.15, -0.1) is 0 Å². The summed E-state index contributed by atoms with van der Waals surface area (Å²) in [5.74, 6) is 0. The van der Waals surface area contributed by atoms with Crippen LogP contribution < -0.4 is 0 Å². The maximum absolute atomic E-state index is 9.21. The van der Waals surface area contributed by atoms with Crippen molar-refractivity contribution in [3.8, 4) is 0 Å². The molecule has 0 aromatic rings. The van der Waals surface area contributed by atoms with Crippen LogP contribution in [0.5, 0.6) is 0 Å². The van der Waals surface area contributed by atoms with Crippen molar-refractivity contribution in [2.75, 3.05) is 13.6 Å². The van der Waals surface area contributed by atoms with Gasteiger partial charge in [-0.25, -0.2) is 0 Å². The number of aliphatic hydroxyl groups excluding tert-OH is 1. The lowest BCUT2D eigenvalue weighted by molar-refractivity contribution is 0.123. The largest absolute Gasteiger partial charge is 0.393 e. The fourth-order valence-electron chi connectivity index (χ4n) is 2.81. The maximum atomic E-state index is 9.21. The molecule has 1 unspecified atom stereocenters. The highest BCUT2D eigenvalue weighted by Crippen LogP contribution is 2.36. The molecule has 0 spiro atoms. The van der Waals surface area contributed by atoms with E-state index in [2.05, 4.69) is 25.8 Å². The maximum Gasteiger partial charge on any atom is 0.0512 e. The van der Waals surface area contributed by atoms with Gasteiger partial charge >= 0.3 is 0 Å². The lowest BCUT2D eigenvalue weighted by Gasteiger charge is -2.38. The molecule has 1 aliphatic carbocycles. The molecule has 1 rings (SSSR count). The van der Waals surface area contributed by atoms with Gasteiger partial charge in [-0.05, 0) is 70.9 Å². The van der Waals surface area contributed by atoms with E-state index in [1.807, 2.05) is 6.92 Å². The molecule has 0 amide bonds. The number of unbranched alkanes of at least 4 members (excludes halogenated alkanes) is 1. The first-order chi connectivity index (χ1) is 7.91. The van der Waals surface area contributed by atoms with Gasteiger partial charge in [0.25, 0.3) is 0 Å². The normalized spacial score (nSPS) is 22.9. The minimum absolute atomic E-state index is 0.129. The summed E-state index contributed by atoms with van der Waals surface area (Å²) in [7, 11) is 2.27. The first-order valence-electron chi connectivity index (χ1n) is 7.29. The molecule has 1 fully saturated rings. The van der Waals surface area contributed by atoms with Gasteiger partial charge in [0.1, 0.15) is 0 Å². The Morgan fingerprint density at radius 3 is 2.35 bits per heavy atom. The van der Waals surface area contributed by atoms with E-state index in [-0.39, 0.29) is 6.10 Å². The Balaban J connectivity index is 2.14. The van der Waals surface area contributed by atoms with Crippen molar-refractivity contribution in [1.82, 2.24) is 4.90 Å². The first kappa shape index (κ1) is 15.0. The molecule has 17 heavy (non-hydrogen) atoms. The lowest BCUT2D eigenvalue weighted by atomic mass is 9.75. The molecule has 0 aromatic heterocycles. The highest BCUT2D eigenvalue weighted by atomic mass is 16.3. The summed E-state index contributed by atoms with van der Waals surface area (Å²) in [6.45, 7) is 7.86. The van der Waals surface area contributed by atoms with Gasteiger partial charge in [0, 0.05) is 6.04 Å². The van der Waals surface area contributed by atoms with Crippen molar-refractivity contribution in [1.29, 1.82) is 0 Å². The third-order valence-electron chi connectivity index (χ3n) is 4.31. The molecule has 2 heteroatoms. The van der Waals surface area contributed by atoms with Crippen LogP contribution in [0.2, 0.25) is 0 Å². The average molecular weight is 241 g/mol. The zero-order chi connectivity index (χ0) is 12.9. The van der Waals surface area contributed by atoms with Crippen LogP contribution in [0.3, 0.4) is 0 Å². The van der Waals surface area contributed by atoms with E-state index in [1.54, 1.807) is 0 Å². The second-order valence-electron chi connectivity index (χ2n) is 6.72. The van der Waals surface area contributed by atoms with Gasteiger partial charge in [0.05, 0.1) is 6.10 Å². The van der Waals surface area contributed by atoms with Gasteiger partial charge in [-0.3, -0.25) is 0 Å². The van der Waals surface area contributed by atoms with Crippen molar-refractivity contribution < 1.29 is 5.11 Å². The fraction of sp³-hybridized carbons (Fsp3) is 1.00. The predicted molar refractivity (Wildman–Crippen MR) is 74.2 cm³/mol. The molecule has 0 radical (unpaired) electrons. The molecule has 0 aliphatic heterocycles. The fourth-order valence-corrected chi connectivity index (χ4v) is 2.81. The summed E-state index contributed by atoms with van der Waals surface area (Å²) >= 11 is 0. The Morgan fingerprint density at radius 1 is 1.24 bits per heavy atom. The van der Waals surface area contributed by atoms with E-state index in [1.165, 1.54) is 38.6 Å². The van der Waals surface area contributed by atoms with Gasteiger partial charge in [-0.1, -0.05) is 13.8 Å². The standard InChI is InChI=1S/C15H31NO/c1-13(17)7-5-6-12-16(4)14-8-10-15(2,3)11-9-14/h13-14,17H,5-12H2,1-4H3. The van der Waals surface area contributed by atoms with Crippen LogP contribution in [0, 0.1) is 5.41 Å². The Kier molecular flexibility index (Phi) is 5.94. The summed E-state index contributed by atoms with van der Waals surface area (Å²) in [5.41, 5.74) is 0.573. The number of hydrogen-bond acceptors (Lipinski definition) is 2. The molecule has 2 nitrogen and oxygen atoms in total. The molecule has 0 saturated heterocycles. The third-order valence-corrected chi connectivity index (χ3v) is 4.31. The third kappa shape index (κ3) is 5.87. The van der Waals surface area contributed by atoms with Crippen molar-refractivity contribution in [2.45, 2.75) is 77.9 Å². The van der Waals surface area contributed by atoms with Gasteiger partial charge in [-0.2, -0.15) is 0 Å². The van der Waals surface area contributed by atoms with E-state index in [4.69, 9.17) is 0 Å². The van der Waals surface area contributed by atoms with Crippen LogP contribution in [0.1, 0.15) is 65.7 Å². The van der Waals surface area contributed by atoms with Crippen molar-refractivity contribution in [3.05, 3.63) is 0 Å². The predicted octanol–water partition coefficient (Wildman–Crippen LogP) is 3.44. The first-order valence-corrected chi connectivity index (χ1v) is 7.29. The van der Waals surface area contributed by atoms with E-state index in [9.17, 15) is 5.11 Å². The minimum atomic E-state index is -0.129. The van der Waals surface area contributed by atoms with Crippen molar-refractivity contribution in [3.63, 3.8) is 0 Å². The van der Waals surface area contributed by atoms with E-state index < -0.39 is 0 Å². The van der Waals surface area contributed by atoms with Gasteiger partial charge in [0.15, 0.2) is 0 Å². The van der Waals surface area contributed by atoms with E-state index in [0.717, 1.165) is 18.9 Å². The molecule has 1 N–H and O–H groups in total. The number of rotatable bonds is 6. The zero-order valence-corrected chi connectivity index (χ0v) is 12.2. The SMILES string of the molecule is CC(O)CCCCN(C)C1CCC(C)(C)CC1. The number of hydrogen-bond donors (Lipinski definition) is 1. The second kappa shape index (κ2) is 6.75. The van der Waals surface area contributed by atoms with Crippen LogP contribution >= 0.6 is 0 Å². The molecule has 1 saturated carbocycles. The molecule has 0 heterocycles. The van der Waals surface area contributed by atoms with Crippen molar-refractivity contribution >= 4 is 0 Å². The average Bonchev–Trinajstić information content (AvgIpc) is 2.23. The van der Waals surface area contributed by atoms with Crippen LogP contribution in [0.15, 0.2) is 0 Å². The summed E-state index contributed by atoms with van der Waals surface area (Å²) in [5, 5.41) is 9.21. The summed E-state index contributed by atoms with van der Waals surface area (Å²) < 4.78 is 0. The minimum Gasteiger partial charge on any atom is -0.393 e. The molecular weight excluding hydrogens is 210 g/mol. The van der Waals surface area contributed by atoms with E-state index in [0.29, 0.717) is 5.41 Å². The highest BCUT2D eigenvalue weighted by molar-refractivity contribution is 4.82. The quantitative estimate of drug-likeness (QED) is 0.720. The second-order valence-corrected chi connectivity index (χ2v) is 6.72. The molecule has 1 aliphatic rings. The number of nitrogens with zero attached hydrogens (tertiary/aromatic N) is 1.